The summed E-state index contributed by atoms with van der Waals surface area (Å²) in [6, 6.07) is 12.0. The highest BCUT2D eigenvalue weighted by molar-refractivity contribution is 7.88. The lowest BCUT2D eigenvalue weighted by Crippen LogP contribution is -2.48. The summed E-state index contributed by atoms with van der Waals surface area (Å²) in [4.78, 5) is 5.87. The predicted molar refractivity (Wildman–Crippen MR) is 124 cm³/mol. The third-order valence-corrected chi connectivity index (χ3v) is 7.46. The maximum Gasteiger partial charge on any atom is 0.417 e. The zero-order valence-corrected chi connectivity index (χ0v) is 19.9. The normalized spacial score (nSPS) is 26.1. The molecule has 2 aromatic rings. The van der Waals surface area contributed by atoms with Crippen LogP contribution in [0.1, 0.15) is 49.1 Å². The van der Waals surface area contributed by atoms with Crippen LogP contribution >= 0.6 is 0 Å². The molecule has 1 aliphatic heterocycles. The van der Waals surface area contributed by atoms with Crippen LogP contribution in [0, 0.1) is 0 Å². The summed E-state index contributed by atoms with van der Waals surface area (Å²) >= 11 is 0. The van der Waals surface area contributed by atoms with E-state index in [9.17, 15) is 21.6 Å². The molecule has 34 heavy (non-hydrogen) atoms. The molecule has 1 aliphatic carbocycles. The second-order valence-corrected chi connectivity index (χ2v) is 10.9. The Balaban J connectivity index is 1.41. The van der Waals surface area contributed by atoms with Crippen molar-refractivity contribution < 1.29 is 26.3 Å². The Hall–Kier alpha value is -2.17. The number of anilines is 1. The molecule has 10 heteroatoms. The van der Waals surface area contributed by atoms with E-state index in [0.717, 1.165) is 44.2 Å². The van der Waals surface area contributed by atoms with E-state index in [1.165, 1.54) is 11.6 Å². The monoisotopic (exact) mass is 497 g/mol. The summed E-state index contributed by atoms with van der Waals surface area (Å²) in [5.41, 5.74) is 0.526. The summed E-state index contributed by atoms with van der Waals surface area (Å²) in [6.07, 6.45) is 1.92. The number of alkyl halides is 3. The van der Waals surface area contributed by atoms with Crippen molar-refractivity contribution >= 4 is 15.8 Å². The number of pyridine rings is 1. The summed E-state index contributed by atoms with van der Waals surface area (Å²) < 4.78 is 71.5. The van der Waals surface area contributed by atoms with Gasteiger partial charge in [-0.15, -0.1) is 0 Å². The lowest BCUT2D eigenvalue weighted by molar-refractivity contribution is -0.137. The third kappa shape index (κ3) is 6.28. The molecule has 1 saturated carbocycles. The summed E-state index contributed by atoms with van der Waals surface area (Å²) in [6.45, 7) is 0.747. The molecule has 0 bridgehead atoms. The van der Waals surface area contributed by atoms with Crippen LogP contribution in [0.2, 0.25) is 0 Å². The minimum absolute atomic E-state index is 0.0712. The van der Waals surface area contributed by atoms with Crippen molar-refractivity contribution in [3.63, 3.8) is 0 Å². The summed E-state index contributed by atoms with van der Waals surface area (Å²) in [5, 5.41) is 0. The molecule has 2 atom stereocenters. The van der Waals surface area contributed by atoms with Gasteiger partial charge in [0.1, 0.15) is 5.82 Å². The van der Waals surface area contributed by atoms with Crippen LogP contribution in [0.25, 0.3) is 0 Å². The number of hydrogen-bond acceptors (Lipinski definition) is 5. The maximum absolute atomic E-state index is 12.9. The molecule has 1 N–H and O–H groups in total. The highest BCUT2D eigenvalue weighted by Gasteiger charge is 2.38. The van der Waals surface area contributed by atoms with Crippen molar-refractivity contribution in [1.29, 1.82) is 0 Å². The van der Waals surface area contributed by atoms with Crippen LogP contribution in [0.3, 0.4) is 0 Å². The number of nitrogens with one attached hydrogen (secondary N) is 1. The van der Waals surface area contributed by atoms with Gasteiger partial charge in [0.15, 0.2) is 0 Å². The first-order valence-electron chi connectivity index (χ1n) is 11.5. The van der Waals surface area contributed by atoms with Crippen LogP contribution in [-0.2, 0) is 20.9 Å². The fraction of sp³-hybridized carbons (Fsp3) is 0.542. The van der Waals surface area contributed by atoms with Gasteiger partial charge < -0.3 is 9.64 Å². The number of hydrogen-bond donors (Lipinski definition) is 1. The Labute approximate surface area is 198 Å². The van der Waals surface area contributed by atoms with E-state index in [0.29, 0.717) is 24.7 Å². The Morgan fingerprint density at radius 3 is 2.35 bits per heavy atom. The van der Waals surface area contributed by atoms with E-state index >= 15 is 0 Å². The van der Waals surface area contributed by atoms with Gasteiger partial charge in [0, 0.05) is 18.8 Å². The van der Waals surface area contributed by atoms with E-state index < -0.39 is 27.8 Å². The molecular formula is C24H30F3N3O3S. The number of benzene rings is 1. The largest absolute Gasteiger partial charge is 0.417 e. The van der Waals surface area contributed by atoms with Crippen molar-refractivity contribution in [2.45, 2.75) is 62.4 Å². The highest BCUT2D eigenvalue weighted by atomic mass is 32.2. The summed E-state index contributed by atoms with van der Waals surface area (Å²) in [5.74, 6) is 0.896. The molecule has 0 radical (unpaired) electrons. The quantitative estimate of drug-likeness (QED) is 0.616. The van der Waals surface area contributed by atoms with Gasteiger partial charge in [0.05, 0.1) is 30.6 Å². The van der Waals surface area contributed by atoms with Crippen LogP contribution in [-0.4, -0.2) is 51.0 Å². The molecule has 1 aromatic heterocycles. The molecule has 186 valence electrons. The van der Waals surface area contributed by atoms with Crippen molar-refractivity contribution in [3.8, 4) is 0 Å². The van der Waals surface area contributed by atoms with Gasteiger partial charge in [-0.2, -0.15) is 13.2 Å². The predicted octanol–water partition coefficient (Wildman–Crippen LogP) is 4.34. The molecule has 4 rings (SSSR count). The average molecular weight is 498 g/mol. The zero-order valence-electron chi connectivity index (χ0n) is 19.0. The molecular weight excluding hydrogens is 467 g/mol. The first-order valence-corrected chi connectivity index (χ1v) is 13.4. The lowest BCUT2D eigenvalue weighted by Gasteiger charge is -2.33. The highest BCUT2D eigenvalue weighted by Crippen LogP contribution is 2.35. The van der Waals surface area contributed by atoms with Crippen molar-refractivity contribution in [3.05, 3.63) is 59.8 Å². The number of sulfonamides is 1. The van der Waals surface area contributed by atoms with E-state index in [1.807, 2.05) is 11.0 Å². The molecule has 1 saturated heterocycles. The molecule has 0 amide bonds. The van der Waals surface area contributed by atoms with E-state index in [2.05, 4.69) is 34.0 Å². The SMILES string of the molecule is CS(=O)(=O)N[C@H]1CCN(c2ccc(C(F)(F)F)cn2)[C@H]1COC1CCC(c2ccccc2)CC1. The smallest absolute Gasteiger partial charge is 0.376 e. The van der Waals surface area contributed by atoms with Crippen LogP contribution in [0.4, 0.5) is 19.0 Å². The first kappa shape index (κ1) is 24.9. The van der Waals surface area contributed by atoms with Gasteiger partial charge in [0.2, 0.25) is 10.0 Å². The van der Waals surface area contributed by atoms with E-state index in [4.69, 9.17) is 4.74 Å². The molecule has 1 aromatic carbocycles. The molecule has 0 unspecified atom stereocenters. The topological polar surface area (TPSA) is 71.5 Å². The first-order chi connectivity index (χ1) is 16.1. The Bertz CT molecular complexity index is 1040. The van der Waals surface area contributed by atoms with Gasteiger partial charge in [0.25, 0.3) is 0 Å². The van der Waals surface area contributed by atoms with Crippen molar-refractivity contribution in [2.24, 2.45) is 0 Å². The molecule has 0 spiro atoms. The van der Waals surface area contributed by atoms with Crippen LogP contribution in [0.15, 0.2) is 48.7 Å². The van der Waals surface area contributed by atoms with E-state index in [-0.39, 0.29) is 18.8 Å². The van der Waals surface area contributed by atoms with Gasteiger partial charge in [-0.05, 0) is 55.7 Å². The molecule has 2 aliphatic rings. The van der Waals surface area contributed by atoms with Gasteiger partial charge in [-0.3, -0.25) is 0 Å². The molecule has 2 heterocycles. The Morgan fingerprint density at radius 1 is 1.06 bits per heavy atom. The van der Waals surface area contributed by atoms with Gasteiger partial charge in [-0.1, -0.05) is 30.3 Å². The minimum atomic E-state index is -4.46. The number of rotatable bonds is 7. The second-order valence-electron chi connectivity index (χ2n) is 9.17. The van der Waals surface area contributed by atoms with Gasteiger partial charge >= 0.3 is 6.18 Å². The van der Waals surface area contributed by atoms with Gasteiger partial charge in [-0.25, -0.2) is 18.1 Å². The van der Waals surface area contributed by atoms with Crippen LogP contribution < -0.4 is 9.62 Å². The summed E-state index contributed by atoms with van der Waals surface area (Å²) in [7, 11) is -3.45. The number of halogens is 3. The standard InChI is InChI=1S/C24H30F3N3O3S/c1-34(31,32)29-21-13-14-30(23-12-9-19(15-28-23)24(25,26)27)22(21)16-33-20-10-7-18(8-11-20)17-5-3-2-4-6-17/h2-6,9,12,15,18,20-22,29H,7-8,10-11,13-14,16H2,1H3/t18?,20?,21-,22-/m0/s1. The number of nitrogens with zero attached hydrogens (tertiary/aromatic N) is 2. The van der Waals surface area contributed by atoms with E-state index in [1.54, 1.807) is 0 Å². The fourth-order valence-corrected chi connectivity index (χ4v) is 5.83. The van der Waals surface area contributed by atoms with Crippen molar-refractivity contribution in [1.82, 2.24) is 9.71 Å². The Morgan fingerprint density at radius 2 is 1.76 bits per heavy atom. The average Bonchev–Trinajstić information content (AvgIpc) is 3.19. The Kier molecular flexibility index (Phi) is 7.49. The van der Waals surface area contributed by atoms with Crippen molar-refractivity contribution in [2.75, 3.05) is 24.3 Å². The molecule has 2 fully saturated rings. The fourth-order valence-electron chi connectivity index (χ4n) is 5.00. The zero-order chi connectivity index (χ0) is 24.3. The third-order valence-electron chi connectivity index (χ3n) is 6.73. The second kappa shape index (κ2) is 10.2. The molecule has 6 nitrogen and oxygen atoms in total. The number of aromatic nitrogens is 1. The lowest BCUT2D eigenvalue weighted by atomic mass is 9.83. The maximum atomic E-state index is 12.9. The number of ether oxygens (including phenoxy) is 1. The van der Waals surface area contributed by atoms with Crippen LogP contribution in [0.5, 0.6) is 0 Å². The minimum Gasteiger partial charge on any atom is -0.376 e.